The molecule has 0 aliphatic heterocycles. The normalized spacial score (nSPS) is 12.2. The lowest BCUT2D eigenvalue weighted by Gasteiger charge is -2.27. The quantitative estimate of drug-likeness (QED) is 0.426. The Bertz CT molecular complexity index is 1130. The lowest BCUT2D eigenvalue weighted by atomic mass is 9.96. The highest BCUT2D eigenvalue weighted by Crippen LogP contribution is 2.41. The van der Waals surface area contributed by atoms with Gasteiger partial charge in [-0.05, 0) is 35.6 Å². The zero-order valence-corrected chi connectivity index (χ0v) is 19.3. The van der Waals surface area contributed by atoms with E-state index in [1.165, 1.54) is 17.9 Å². The van der Waals surface area contributed by atoms with E-state index in [1.54, 1.807) is 37.4 Å². The Morgan fingerprint density at radius 2 is 1.70 bits per heavy atom. The molecule has 8 heteroatoms. The molecule has 0 aliphatic carbocycles. The van der Waals surface area contributed by atoms with Crippen molar-refractivity contribution in [3.63, 3.8) is 0 Å². The average molecular weight is 462 g/mol. The molecule has 3 rings (SSSR count). The van der Waals surface area contributed by atoms with Crippen molar-refractivity contribution < 1.29 is 22.4 Å². The number of carbonyl (C=O) groups excluding carboxylic acids is 1. The summed E-state index contributed by atoms with van der Waals surface area (Å²) in [6.45, 7) is 7.32. The van der Waals surface area contributed by atoms with Crippen LogP contribution < -0.4 is 0 Å². The number of benzene rings is 1. The van der Waals surface area contributed by atoms with Crippen LogP contribution in [-0.4, -0.2) is 34.0 Å². The first-order valence-electron chi connectivity index (χ1n) is 10.5. The molecule has 0 radical (unpaired) electrons. The van der Waals surface area contributed by atoms with E-state index in [9.17, 15) is 22.4 Å². The van der Waals surface area contributed by atoms with Crippen LogP contribution in [0.1, 0.15) is 48.1 Å². The van der Waals surface area contributed by atoms with Crippen LogP contribution in [0.2, 0.25) is 0 Å². The van der Waals surface area contributed by atoms with Gasteiger partial charge in [0.25, 0.3) is 5.91 Å². The molecule has 176 valence electrons. The van der Waals surface area contributed by atoms with E-state index in [4.69, 9.17) is 0 Å². The molecule has 0 fully saturated rings. The molecule has 0 saturated heterocycles. The zero-order valence-electron chi connectivity index (χ0n) is 19.3. The number of nitrogens with zero attached hydrogens (tertiary/aromatic N) is 3. The fraction of sp³-hybridized carbons (Fsp3) is 0.360. The lowest BCUT2D eigenvalue weighted by Crippen LogP contribution is -2.36. The fourth-order valence-electron chi connectivity index (χ4n) is 4.06. The number of carbonyl (C=O) groups is 1. The number of halogens is 4. The minimum absolute atomic E-state index is 0.0593. The second-order valence-corrected chi connectivity index (χ2v) is 9.35. The van der Waals surface area contributed by atoms with E-state index < -0.39 is 23.6 Å². The third-order valence-corrected chi connectivity index (χ3v) is 5.20. The maximum Gasteiger partial charge on any atom is 0.431 e. The van der Waals surface area contributed by atoms with Gasteiger partial charge < -0.3 is 9.47 Å². The van der Waals surface area contributed by atoms with Crippen LogP contribution in [0.25, 0.3) is 11.3 Å². The van der Waals surface area contributed by atoms with Crippen LogP contribution in [0.15, 0.2) is 48.7 Å². The van der Waals surface area contributed by atoms with Crippen molar-refractivity contribution in [1.29, 1.82) is 0 Å². The van der Waals surface area contributed by atoms with E-state index in [0.29, 0.717) is 12.1 Å². The van der Waals surface area contributed by atoms with Gasteiger partial charge in [0.15, 0.2) is 0 Å². The molecule has 0 aliphatic rings. The Morgan fingerprint density at radius 3 is 2.21 bits per heavy atom. The highest BCUT2D eigenvalue weighted by Gasteiger charge is 2.42. The summed E-state index contributed by atoms with van der Waals surface area (Å²) in [6, 6.07) is 11.1. The largest absolute Gasteiger partial charge is 0.431 e. The second kappa shape index (κ2) is 9.00. The summed E-state index contributed by atoms with van der Waals surface area (Å²) in [4.78, 5) is 19.0. The summed E-state index contributed by atoms with van der Waals surface area (Å²) >= 11 is 0. The Morgan fingerprint density at radius 1 is 1.06 bits per heavy atom. The molecule has 1 amide bonds. The predicted molar refractivity (Wildman–Crippen MR) is 119 cm³/mol. The van der Waals surface area contributed by atoms with Gasteiger partial charge in [0.05, 0.1) is 11.9 Å². The van der Waals surface area contributed by atoms with Gasteiger partial charge in [-0.25, -0.2) is 4.39 Å². The number of rotatable bonds is 5. The summed E-state index contributed by atoms with van der Waals surface area (Å²) < 4.78 is 57.4. The molecular formula is C25H27F4N3O. The molecule has 0 saturated carbocycles. The Balaban J connectivity index is 2.32. The molecule has 4 nitrogen and oxygen atoms in total. The zero-order chi connectivity index (χ0) is 24.6. The van der Waals surface area contributed by atoms with Gasteiger partial charge in [-0.2, -0.15) is 13.2 Å². The second-order valence-electron chi connectivity index (χ2n) is 9.35. The summed E-state index contributed by atoms with van der Waals surface area (Å²) in [7, 11) is 1.57. The SMILES string of the molecule is Cc1c(-c2ccc(F)cn2)c(C(=O)N(C)CC(C)(C)C)n(Cc2ccccc2)c1C(F)(F)F. The van der Waals surface area contributed by atoms with Gasteiger partial charge in [-0.1, -0.05) is 51.1 Å². The minimum Gasteiger partial charge on any atom is -0.340 e. The van der Waals surface area contributed by atoms with E-state index >= 15 is 0 Å². The Hall–Kier alpha value is -3.16. The van der Waals surface area contributed by atoms with E-state index in [2.05, 4.69) is 4.98 Å². The van der Waals surface area contributed by atoms with E-state index in [-0.39, 0.29) is 34.5 Å². The maximum atomic E-state index is 14.3. The minimum atomic E-state index is -4.71. The fourth-order valence-corrected chi connectivity index (χ4v) is 4.06. The molecule has 0 unspecified atom stereocenters. The third kappa shape index (κ3) is 5.43. The smallest absolute Gasteiger partial charge is 0.340 e. The van der Waals surface area contributed by atoms with Crippen molar-refractivity contribution in [2.24, 2.45) is 5.41 Å². The third-order valence-electron chi connectivity index (χ3n) is 5.20. The summed E-state index contributed by atoms with van der Waals surface area (Å²) in [5, 5.41) is 0. The van der Waals surface area contributed by atoms with Crippen LogP contribution in [-0.2, 0) is 12.7 Å². The molecule has 2 aromatic heterocycles. The maximum absolute atomic E-state index is 14.3. The molecule has 2 heterocycles. The Labute approximate surface area is 190 Å². The molecule has 3 aromatic rings. The van der Waals surface area contributed by atoms with Crippen LogP contribution in [0.5, 0.6) is 0 Å². The average Bonchev–Trinajstić information content (AvgIpc) is 2.99. The van der Waals surface area contributed by atoms with Crippen molar-refractivity contribution in [3.05, 3.63) is 77.0 Å². The van der Waals surface area contributed by atoms with E-state index in [1.807, 2.05) is 20.8 Å². The molecule has 0 bridgehead atoms. The summed E-state index contributed by atoms with van der Waals surface area (Å²) in [6.07, 6.45) is -3.78. The molecule has 0 N–H and O–H groups in total. The molecule has 1 aromatic carbocycles. The summed E-state index contributed by atoms with van der Waals surface area (Å²) in [5.41, 5.74) is -0.635. The highest BCUT2D eigenvalue weighted by atomic mass is 19.4. The number of hydrogen-bond acceptors (Lipinski definition) is 2. The summed E-state index contributed by atoms with van der Waals surface area (Å²) in [5.74, 6) is -1.17. The first-order chi connectivity index (χ1) is 15.3. The van der Waals surface area contributed by atoms with E-state index in [0.717, 1.165) is 16.8 Å². The number of alkyl halides is 3. The van der Waals surface area contributed by atoms with Crippen LogP contribution in [0, 0.1) is 18.2 Å². The van der Waals surface area contributed by atoms with Gasteiger partial charge in [0.2, 0.25) is 0 Å². The van der Waals surface area contributed by atoms with Gasteiger partial charge >= 0.3 is 6.18 Å². The van der Waals surface area contributed by atoms with Gasteiger partial charge in [0, 0.05) is 25.7 Å². The molecule has 0 atom stereocenters. The molecule has 33 heavy (non-hydrogen) atoms. The monoisotopic (exact) mass is 461 g/mol. The number of aromatic nitrogens is 2. The molecular weight excluding hydrogens is 434 g/mol. The number of hydrogen-bond donors (Lipinski definition) is 0. The van der Waals surface area contributed by atoms with Gasteiger partial charge in [0.1, 0.15) is 17.2 Å². The first-order valence-corrected chi connectivity index (χ1v) is 10.5. The topological polar surface area (TPSA) is 38.1 Å². The van der Waals surface area contributed by atoms with Gasteiger partial charge in [-0.3, -0.25) is 9.78 Å². The molecule has 0 spiro atoms. The highest BCUT2D eigenvalue weighted by molar-refractivity contribution is 6.00. The number of amides is 1. The van der Waals surface area contributed by atoms with Crippen molar-refractivity contribution >= 4 is 5.91 Å². The van der Waals surface area contributed by atoms with Crippen molar-refractivity contribution in [1.82, 2.24) is 14.5 Å². The van der Waals surface area contributed by atoms with Crippen molar-refractivity contribution in [2.75, 3.05) is 13.6 Å². The lowest BCUT2D eigenvalue weighted by molar-refractivity contribution is -0.143. The van der Waals surface area contributed by atoms with Crippen LogP contribution in [0.3, 0.4) is 0 Å². The van der Waals surface area contributed by atoms with Crippen molar-refractivity contribution in [3.8, 4) is 11.3 Å². The van der Waals surface area contributed by atoms with Crippen LogP contribution >= 0.6 is 0 Å². The van der Waals surface area contributed by atoms with Crippen LogP contribution in [0.4, 0.5) is 17.6 Å². The van der Waals surface area contributed by atoms with Crippen molar-refractivity contribution in [2.45, 2.75) is 40.4 Å². The number of pyridine rings is 1. The first kappa shape index (κ1) is 24.5. The Kier molecular flexibility index (Phi) is 6.68. The standard InChI is InChI=1S/C25H27F4N3O/c1-16-20(19-12-11-18(26)13-30-19)21(23(33)31(5)15-24(2,3)4)32(22(16)25(27,28)29)14-17-9-7-6-8-10-17/h6-13H,14-15H2,1-5H3. The predicted octanol–water partition coefficient (Wildman–Crippen LogP) is 6.18. The van der Waals surface area contributed by atoms with Gasteiger partial charge in [-0.15, -0.1) is 0 Å².